The lowest BCUT2D eigenvalue weighted by molar-refractivity contribution is 0.465. The van der Waals surface area contributed by atoms with Gasteiger partial charge in [-0.05, 0) is 29.8 Å². The standard InChI is InChI=1S/C19H11N3O2/c23-17-7-10-22(12-18(17)24)19-11-13(6-9-21-19)14-3-1-5-16-15(14)4-2-8-20-16/h2,4-12,24H. The van der Waals surface area contributed by atoms with E-state index in [0.29, 0.717) is 5.82 Å². The molecule has 0 amide bonds. The topological polar surface area (TPSA) is 68.0 Å². The maximum atomic E-state index is 11.3. The van der Waals surface area contributed by atoms with Crippen molar-refractivity contribution in [2.45, 2.75) is 0 Å². The minimum absolute atomic E-state index is 0.320. The maximum Gasteiger partial charge on any atom is 0.223 e. The molecule has 0 spiro atoms. The largest absolute Gasteiger partial charge is 0.503 e. The van der Waals surface area contributed by atoms with Gasteiger partial charge in [-0.25, -0.2) is 4.98 Å². The van der Waals surface area contributed by atoms with Crippen molar-refractivity contribution in [1.82, 2.24) is 14.5 Å². The molecule has 0 aliphatic heterocycles. The van der Waals surface area contributed by atoms with Crippen LogP contribution in [-0.4, -0.2) is 19.6 Å². The number of hydrogen-bond acceptors (Lipinski definition) is 4. The van der Waals surface area contributed by atoms with Crippen molar-refractivity contribution in [2.75, 3.05) is 0 Å². The normalized spacial score (nSPS) is 11.9. The van der Waals surface area contributed by atoms with Crippen molar-refractivity contribution in [3.8, 4) is 11.6 Å². The molecule has 0 radical (unpaired) electrons. The highest BCUT2D eigenvalue weighted by Crippen LogP contribution is 2.27. The first-order valence-corrected chi connectivity index (χ1v) is 7.27. The van der Waals surface area contributed by atoms with Crippen LogP contribution in [0.25, 0.3) is 17.5 Å². The molecule has 24 heavy (non-hydrogen) atoms. The van der Waals surface area contributed by atoms with Gasteiger partial charge < -0.3 is 9.67 Å². The van der Waals surface area contributed by atoms with E-state index in [1.165, 1.54) is 12.3 Å². The smallest absolute Gasteiger partial charge is 0.223 e. The second-order valence-electron chi connectivity index (χ2n) is 5.23. The van der Waals surface area contributed by atoms with Crippen LogP contribution in [0.5, 0.6) is 5.75 Å². The monoisotopic (exact) mass is 313 g/mol. The van der Waals surface area contributed by atoms with Crippen LogP contribution in [0.15, 0.2) is 71.4 Å². The Morgan fingerprint density at radius 2 is 2.04 bits per heavy atom. The van der Waals surface area contributed by atoms with Crippen LogP contribution in [0.2, 0.25) is 0 Å². The Morgan fingerprint density at radius 3 is 2.92 bits per heavy atom. The Balaban J connectivity index is 1.84. The van der Waals surface area contributed by atoms with Crippen LogP contribution in [0.4, 0.5) is 0 Å². The van der Waals surface area contributed by atoms with E-state index >= 15 is 0 Å². The van der Waals surface area contributed by atoms with Crippen molar-refractivity contribution < 1.29 is 5.11 Å². The molecule has 0 aromatic carbocycles. The van der Waals surface area contributed by atoms with Crippen molar-refractivity contribution in [3.05, 3.63) is 93.6 Å². The van der Waals surface area contributed by atoms with Crippen molar-refractivity contribution >= 4 is 11.6 Å². The van der Waals surface area contributed by atoms with Crippen LogP contribution in [0, 0.1) is 0 Å². The third-order valence-corrected chi connectivity index (χ3v) is 3.71. The zero-order valence-corrected chi connectivity index (χ0v) is 12.5. The number of fused-ring (bicyclic) bond motifs is 1. The maximum absolute atomic E-state index is 11.3. The predicted molar refractivity (Wildman–Crippen MR) is 89.7 cm³/mol. The lowest BCUT2D eigenvalue weighted by Crippen LogP contribution is -2.05. The Kier molecular flexibility index (Phi) is 3.22. The highest BCUT2D eigenvalue weighted by atomic mass is 16.3. The lowest BCUT2D eigenvalue weighted by atomic mass is 9.96. The number of aromatic hydroxyl groups is 1. The molecule has 3 aromatic rings. The van der Waals surface area contributed by atoms with E-state index in [4.69, 9.17) is 0 Å². The Hall–Kier alpha value is -3.65. The van der Waals surface area contributed by atoms with Crippen molar-refractivity contribution in [3.63, 3.8) is 0 Å². The molecule has 3 aromatic heterocycles. The van der Waals surface area contributed by atoms with Gasteiger partial charge in [0.1, 0.15) is 5.82 Å². The summed E-state index contributed by atoms with van der Waals surface area (Å²) in [6.07, 6.45) is 8.11. The zero-order valence-electron chi connectivity index (χ0n) is 12.5. The van der Waals surface area contributed by atoms with Crippen LogP contribution < -0.4 is 5.43 Å². The summed E-state index contributed by atoms with van der Waals surface area (Å²) in [5.41, 5.74) is 9.26. The summed E-state index contributed by atoms with van der Waals surface area (Å²) in [6.45, 7) is 0. The fourth-order valence-corrected chi connectivity index (χ4v) is 2.54. The summed E-state index contributed by atoms with van der Waals surface area (Å²) in [6, 6.07) is 8.88. The minimum Gasteiger partial charge on any atom is -0.503 e. The number of aromatic nitrogens is 3. The average Bonchev–Trinajstić information content (AvgIpc) is 2.63. The van der Waals surface area contributed by atoms with Gasteiger partial charge in [-0.3, -0.25) is 9.78 Å². The van der Waals surface area contributed by atoms with E-state index in [1.54, 1.807) is 29.2 Å². The second kappa shape index (κ2) is 5.52. The van der Waals surface area contributed by atoms with E-state index in [-0.39, 0.29) is 5.75 Å². The zero-order chi connectivity index (χ0) is 16.5. The molecule has 114 valence electrons. The van der Waals surface area contributed by atoms with Crippen molar-refractivity contribution in [2.24, 2.45) is 0 Å². The minimum atomic E-state index is -0.425. The number of hydrogen-bond donors (Lipinski definition) is 1. The Labute approximate surface area is 137 Å². The molecule has 5 heteroatoms. The fraction of sp³-hybridized carbons (Fsp3) is 0. The van der Waals surface area contributed by atoms with E-state index in [0.717, 1.165) is 22.4 Å². The first-order valence-electron chi connectivity index (χ1n) is 7.27. The fourth-order valence-electron chi connectivity index (χ4n) is 2.54. The van der Waals surface area contributed by atoms with E-state index in [9.17, 15) is 9.90 Å². The summed E-state index contributed by atoms with van der Waals surface area (Å²) in [7, 11) is 0. The number of nitrogens with zero attached hydrogens (tertiary/aromatic N) is 3. The van der Waals surface area contributed by atoms with Gasteiger partial charge in [0, 0.05) is 41.9 Å². The molecule has 0 saturated heterocycles. The predicted octanol–water partition coefficient (Wildman–Crippen LogP) is 2.55. The molecule has 1 aliphatic rings. The van der Waals surface area contributed by atoms with E-state index in [1.807, 2.05) is 24.3 Å². The van der Waals surface area contributed by atoms with Crippen LogP contribution >= 0.6 is 0 Å². The van der Waals surface area contributed by atoms with Gasteiger partial charge in [0.2, 0.25) is 5.43 Å². The highest BCUT2D eigenvalue weighted by Gasteiger charge is 2.12. The average molecular weight is 313 g/mol. The molecule has 1 aliphatic carbocycles. The molecule has 4 rings (SSSR count). The lowest BCUT2D eigenvalue weighted by Gasteiger charge is -2.12. The second-order valence-corrected chi connectivity index (χ2v) is 5.23. The summed E-state index contributed by atoms with van der Waals surface area (Å²) >= 11 is 0. The third-order valence-electron chi connectivity index (χ3n) is 3.71. The number of rotatable bonds is 2. The quantitative estimate of drug-likeness (QED) is 0.578. The Morgan fingerprint density at radius 1 is 1.12 bits per heavy atom. The van der Waals surface area contributed by atoms with E-state index in [2.05, 4.69) is 21.4 Å². The summed E-state index contributed by atoms with van der Waals surface area (Å²) in [4.78, 5) is 20.0. The van der Waals surface area contributed by atoms with Gasteiger partial charge >= 0.3 is 0 Å². The molecular weight excluding hydrogens is 302 g/mol. The summed E-state index contributed by atoms with van der Waals surface area (Å²) < 4.78 is 1.59. The van der Waals surface area contributed by atoms with Crippen molar-refractivity contribution in [1.29, 1.82) is 0 Å². The molecule has 0 bridgehead atoms. The highest BCUT2D eigenvalue weighted by molar-refractivity contribution is 5.85. The Bertz CT molecular complexity index is 1120. The molecule has 0 saturated carbocycles. The molecule has 5 nitrogen and oxygen atoms in total. The van der Waals surface area contributed by atoms with Gasteiger partial charge in [0.15, 0.2) is 5.75 Å². The van der Waals surface area contributed by atoms with Crippen LogP contribution in [-0.2, 0) is 0 Å². The number of pyridine rings is 3. The molecule has 3 heterocycles. The van der Waals surface area contributed by atoms with Gasteiger partial charge in [0.25, 0.3) is 0 Å². The first-order chi connectivity index (χ1) is 11.7. The molecular formula is C19H11N3O2. The van der Waals surface area contributed by atoms with Crippen LogP contribution in [0.3, 0.4) is 0 Å². The first kappa shape index (κ1) is 14.0. The third kappa shape index (κ3) is 2.36. The summed E-state index contributed by atoms with van der Waals surface area (Å²) in [5.74, 6) is 0.260. The van der Waals surface area contributed by atoms with Gasteiger partial charge in [-0.2, -0.15) is 0 Å². The molecule has 0 atom stereocenters. The van der Waals surface area contributed by atoms with Gasteiger partial charge in [0.05, 0.1) is 11.9 Å². The molecule has 1 N–H and O–H groups in total. The SMILES string of the molecule is O=c1ccn(-c2cc(C3=C=C=Cc4ncccc43)ccn2)cc1O. The molecule has 0 fully saturated rings. The van der Waals surface area contributed by atoms with E-state index < -0.39 is 5.43 Å². The van der Waals surface area contributed by atoms with Crippen LogP contribution in [0.1, 0.15) is 16.8 Å². The van der Waals surface area contributed by atoms with Gasteiger partial charge in [-0.1, -0.05) is 11.5 Å². The summed E-state index contributed by atoms with van der Waals surface area (Å²) in [5, 5.41) is 9.61. The van der Waals surface area contributed by atoms with Gasteiger partial charge in [-0.15, -0.1) is 0 Å². The molecule has 0 unspecified atom stereocenters.